The second-order valence-corrected chi connectivity index (χ2v) is 8.27. The molecule has 0 amide bonds. The lowest BCUT2D eigenvalue weighted by Gasteiger charge is -2.17. The Morgan fingerprint density at radius 3 is 2.33 bits per heavy atom. The number of Topliss-reactive ketones (excluding diaryl/α,β-unsaturated/α-hetero) is 1. The first-order valence-corrected chi connectivity index (χ1v) is 10.3. The van der Waals surface area contributed by atoms with Gasteiger partial charge in [-0.2, -0.15) is 0 Å². The van der Waals surface area contributed by atoms with E-state index in [9.17, 15) is 14.7 Å². The van der Waals surface area contributed by atoms with Crippen molar-refractivity contribution < 1.29 is 14.7 Å². The van der Waals surface area contributed by atoms with Gasteiger partial charge in [0.1, 0.15) is 5.75 Å². The molecule has 3 aromatic rings. The molecule has 6 N–H and O–H groups in total. The van der Waals surface area contributed by atoms with E-state index in [0.717, 1.165) is 27.6 Å². The number of H-pyrrole nitrogens is 1. The second kappa shape index (κ2) is 9.47. The molecule has 3 atom stereocenters. The van der Waals surface area contributed by atoms with E-state index in [1.165, 1.54) is 0 Å². The number of carbonyl (C=O) groups is 2. The minimum Gasteiger partial charge on any atom is -0.508 e. The molecule has 1 aromatic heterocycles. The van der Waals surface area contributed by atoms with Crippen LogP contribution in [0.3, 0.4) is 0 Å². The van der Waals surface area contributed by atoms with Crippen LogP contribution in [0.1, 0.15) is 23.6 Å². The van der Waals surface area contributed by atoms with Crippen molar-refractivity contribution >= 4 is 34.4 Å². The van der Waals surface area contributed by atoms with Crippen molar-refractivity contribution in [2.24, 2.45) is 17.4 Å². The summed E-state index contributed by atoms with van der Waals surface area (Å²) in [7, 11) is 0. The van der Waals surface area contributed by atoms with E-state index in [-0.39, 0.29) is 22.6 Å². The molecule has 0 spiro atoms. The predicted octanol–water partition coefficient (Wildman–Crippen LogP) is 2.52. The minimum atomic E-state index is -0.639. The number of phenols is 1. The van der Waals surface area contributed by atoms with Crippen LogP contribution in [0.4, 0.5) is 0 Å². The molecule has 0 radical (unpaired) electrons. The van der Waals surface area contributed by atoms with Gasteiger partial charge in [0.25, 0.3) is 0 Å². The summed E-state index contributed by atoms with van der Waals surface area (Å²) in [6.45, 7) is 1.89. The van der Waals surface area contributed by atoms with Gasteiger partial charge < -0.3 is 21.6 Å². The summed E-state index contributed by atoms with van der Waals surface area (Å²) < 4.78 is 0. The topological polar surface area (TPSA) is 122 Å². The third-order valence-electron chi connectivity index (χ3n) is 5.37. The molecule has 3 rings (SSSR count). The van der Waals surface area contributed by atoms with Crippen LogP contribution in [-0.4, -0.2) is 33.1 Å². The Morgan fingerprint density at radius 1 is 1.00 bits per heavy atom. The first-order valence-electron chi connectivity index (χ1n) is 9.89. The number of phenolic OH excluding ortho intramolecular Hbond substituents is 1. The van der Waals surface area contributed by atoms with Crippen molar-refractivity contribution in [2.75, 3.05) is 0 Å². The fourth-order valence-electron chi connectivity index (χ4n) is 3.66. The summed E-state index contributed by atoms with van der Waals surface area (Å²) in [6, 6.07) is 11.5. The van der Waals surface area contributed by atoms with Gasteiger partial charge >= 0.3 is 0 Å². The standard InChI is InChI=1S/C23H27N3O3S/c1-13(22(28)19(24)9-14-2-5-17(27)6-3-14)8-15-4-7-18-16(11-20(25)23(29)30)12-26-21(18)10-15/h2-7,10,12-13,19-20,26-27H,8-9,11,24-25H2,1H3,(H,29,30)/t13?,19-,20-/m0/s1. The van der Waals surface area contributed by atoms with Crippen LogP contribution in [0, 0.1) is 5.92 Å². The summed E-state index contributed by atoms with van der Waals surface area (Å²) in [5, 5.41) is 10.0. The average molecular weight is 426 g/mol. The molecule has 2 aromatic carbocycles. The highest BCUT2D eigenvalue weighted by Crippen LogP contribution is 2.23. The quantitative estimate of drug-likeness (QED) is 0.337. The van der Waals surface area contributed by atoms with Gasteiger partial charge in [-0.25, -0.2) is 0 Å². The zero-order chi connectivity index (χ0) is 21.8. The Morgan fingerprint density at radius 2 is 1.67 bits per heavy atom. The maximum absolute atomic E-state index is 12.7. The first kappa shape index (κ1) is 22.1. The Bertz CT molecular complexity index is 1050. The number of nitrogens with one attached hydrogen (secondary N) is 1. The number of hydrogen-bond acceptors (Lipinski definition) is 5. The number of aromatic nitrogens is 1. The lowest BCUT2D eigenvalue weighted by molar-refractivity contribution is -0.123. The molecule has 0 aliphatic heterocycles. The summed E-state index contributed by atoms with van der Waals surface area (Å²) >= 11 is 3.80. The average Bonchev–Trinajstić information content (AvgIpc) is 3.10. The number of aromatic hydroxyl groups is 1. The van der Waals surface area contributed by atoms with E-state index in [4.69, 9.17) is 11.5 Å². The number of hydrogen-bond donors (Lipinski definition) is 5. The van der Waals surface area contributed by atoms with E-state index in [2.05, 4.69) is 17.6 Å². The van der Waals surface area contributed by atoms with Crippen molar-refractivity contribution in [2.45, 2.75) is 38.3 Å². The van der Waals surface area contributed by atoms with E-state index in [1.807, 2.05) is 31.3 Å². The Kier molecular flexibility index (Phi) is 6.97. The zero-order valence-electron chi connectivity index (χ0n) is 16.8. The second-order valence-electron chi connectivity index (χ2n) is 7.83. The van der Waals surface area contributed by atoms with Crippen molar-refractivity contribution in [3.63, 3.8) is 0 Å². The molecular formula is C23H27N3O3S. The van der Waals surface area contributed by atoms with Gasteiger partial charge in [-0.3, -0.25) is 9.59 Å². The highest BCUT2D eigenvalue weighted by molar-refractivity contribution is 7.96. The molecule has 1 heterocycles. The molecular weight excluding hydrogens is 398 g/mol. The van der Waals surface area contributed by atoms with Crippen molar-refractivity contribution in [3.8, 4) is 5.75 Å². The molecule has 0 saturated carbocycles. The van der Waals surface area contributed by atoms with Crippen LogP contribution in [0.25, 0.3) is 10.9 Å². The molecule has 0 saturated heterocycles. The van der Waals surface area contributed by atoms with E-state index < -0.39 is 12.1 Å². The smallest absolute Gasteiger partial charge is 0.202 e. The van der Waals surface area contributed by atoms with Gasteiger partial charge in [0.05, 0.1) is 12.1 Å². The van der Waals surface area contributed by atoms with Crippen LogP contribution < -0.4 is 11.5 Å². The normalized spacial score (nSPS) is 14.4. The third-order valence-corrected chi connectivity index (χ3v) is 5.71. The van der Waals surface area contributed by atoms with Crippen LogP contribution in [0.15, 0.2) is 48.7 Å². The predicted molar refractivity (Wildman–Crippen MR) is 122 cm³/mol. The number of carbonyl (C=O) groups excluding carboxylic acids is 2. The lowest BCUT2D eigenvalue weighted by atomic mass is 9.90. The fourth-order valence-corrected chi connectivity index (χ4v) is 3.75. The monoisotopic (exact) mass is 425 g/mol. The highest BCUT2D eigenvalue weighted by atomic mass is 32.1. The molecule has 0 aliphatic carbocycles. The van der Waals surface area contributed by atoms with Gasteiger partial charge in [-0.15, -0.1) is 12.6 Å². The van der Waals surface area contributed by atoms with E-state index >= 15 is 0 Å². The van der Waals surface area contributed by atoms with Gasteiger partial charge in [-0.1, -0.05) is 31.2 Å². The molecule has 6 nitrogen and oxygen atoms in total. The number of benzene rings is 2. The summed E-state index contributed by atoms with van der Waals surface area (Å²) in [5.41, 5.74) is 15.8. The fraction of sp³-hybridized carbons (Fsp3) is 0.304. The van der Waals surface area contributed by atoms with Crippen LogP contribution in [0.5, 0.6) is 5.75 Å². The molecule has 1 unspecified atom stereocenters. The molecule has 158 valence electrons. The summed E-state index contributed by atoms with van der Waals surface area (Å²) in [4.78, 5) is 27.3. The van der Waals surface area contributed by atoms with Gasteiger partial charge in [0.15, 0.2) is 5.78 Å². The molecule has 0 bridgehead atoms. The van der Waals surface area contributed by atoms with Gasteiger partial charge in [-0.05, 0) is 54.2 Å². The minimum absolute atomic E-state index is 0.00797. The van der Waals surface area contributed by atoms with Gasteiger partial charge in [0.2, 0.25) is 5.12 Å². The van der Waals surface area contributed by atoms with E-state index in [1.54, 1.807) is 24.3 Å². The van der Waals surface area contributed by atoms with Crippen LogP contribution in [-0.2, 0) is 28.9 Å². The number of rotatable bonds is 9. The van der Waals surface area contributed by atoms with Crippen molar-refractivity contribution in [1.29, 1.82) is 0 Å². The number of nitrogens with two attached hydrogens (primary N) is 2. The van der Waals surface area contributed by atoms with Crippen LogP contribution >= 0.6 is 12.6 Å². The molecule has 30 heavy (non-hydrogen) atoms. The highest BCUT2D eigenvalue weighted by Gasteiger charge is 2.21. The number of fused-ring (bicyclic) bond motifs is 1. The van der Waals surface area contributed by atoms with E-state index in [0.29, 0.717) is 19.3 Å². The zero-order valence-corrected chi connectivity index (χ0v) is 17.7. The maximum Gasteiger partial charge on any atom is 0.202 e. The van der Waals surface area contributed by atoms with Gasteiger partial charge in [0, 0.05) is 23.0 Å². The Hall–Kier alpha value is -2.61. The van der Waals surface area contributed by atoms with Crippen molar-refractivity contribution in [1.82, 2.24) is 4.98 Å². The Balaban J connectivity index is 1.65. The molecule has 0 fully saturated rings. The number of thiol groups is 1. The third kappa shape index (κ3) is 5.30. The number of aromatic amines is 1. The molecule has 0 aliphatic rings. The van der Waals surface area contributed by atoms with Crippen LogP contribution in [0.2, 0.25) is 0 Å². The number of ketones is 1. The molecule has 7 heteroatoms. The summed E-state index contributed by atoms with van der Waals surface area (Å²) in [5.74, 6) is -0.0260. The first-order chi connectivity index (χ1) is 14.2. The largest absolute Gasteiger partial charge is 0.508 e. The lowest BCUT2D eigenvalue weighted by Crippen LogP contribution is -2.37. The summed E-state index contributed by atoms with van der Waals surface area (Å²) in [6.07, 6.45) is 3.30. The Labute approximate surface area is 181 Å². The SMILES string of the molecule is CC(Cc1ccc2c(C[C@H](N)C(=O)S)c[nH]c2c1)C(=O)[C@@H](N)Cc1ccc(O)cc1. The maximum atomic E-state index is 12.7. The van der Waals surface area contributed by atoms with Crippen molar-refractivity contribution in [3.05, 3.63) is 65.4 Å².